The van der Waals surface area contributed by atoms with Crippen LogP contribution in [-0.2, 0) is 32.9 Å². The minimum absolute atomic E-state index is 0.0174. The first kappa shape index (κ1) is 26.4. The predicted octanol–water partition coefficient (Wildman–Crippen LogP) is 2.33. The highest BCUT2D eigenvalue weighted by Gasteiger charge is 2.17. The van der Waals surface area contributed by atoms with E-state index in [0.717, 1.165) is 0 Å². The lowest BCUT2D eigenvalue weighted by molar-refractivity contribution is -0.139. The molecule has 0 amide bonds. The maximum atomic E-state index is 11.8. The number of hydrogen-bond acceptors (Lipinski definition) is 8. The number of carbonyl (C=O) groups excluding carboxylic acids is 2. The number of benzene rings is 1. The van der Waals surface area contributed by atoms with Gasteiger partial charge in [0.15, 0.2) is 8.32 Å². The highest BCUT2D eigenvalue weighted by atomic mass is 28.4. The van der Waals surface area contributed by atoms with E-state index in [9.17, 15) is 9.59 Å². The van der Waals surface area contributed by atoms with Crippen LogP contribution in [0.2, 0.25) is 19.6 Å². The first-order valence-electron chi connectivity index (χ1n) is 10.1. The van der Waals surface area contributed by atoms with Gasteiger partial charge in [-0.25, -0.2) is 4.79 Å². The summed E-state index contributed by atoms with van der Waals surface area (Å²) in [5.74, 6) is -1.55. The lowest BCUT2D eigenvalue weighted by Gasteiger charge is -2.16. The summed E-state index contributed by atoms with van der Waals surface area (Å²) in [6, 6.07) is 8.28. The Kier molecular flexibility index (Phi) is 14.2. The van der Waals surface area contributed by atoms with Crippen molar-refractivity contribution in [3.05, 3.63) is 35.9 Å². The first-order chi connectivity index (χ1) is 14.4. The third-order valence-corrected chi connectivity index (χ3v) is 4.63. The topological polar surface area (TPSA) is 89.5 Å². The van der Waals surface area contributed by atoms with E-state index in [2.05, 4.69) is 19.6 Å². The third kappa shape index (κ3) is 14.4. The van der Waals surface area contributed by atoms with Crippen molar-refractivity contribution in [2.45, 2.75) is 19.6 Å². The molecule has 0 radical (unpaired) electrons. The number of ether oxygens (including phenoxy) is 5. The Morgan fingerprint density at radius 2 is 1.10 bits per heavy atom. The molecule has 0 aromatic heterocycles. The summed E-state index contributed by atoms with van der Waals surface area (Å²) < 4.78 is 32.1. The Bertz CT molecular complexity index is 588. The van der Waals surface area contributed by atoms with Gasteiger partial charge in [0.2, 0.25) is 0 Å². The van der Waals surface area contributed by atoms with Gasteiger partial charge in [0, 0.05) is 5.56 Å². The zero-order valence-electron chi connectivity index (χ0n) is 18.2. The first-order valence-corrected chi connectivity index (χ1v) is 13.5. The van der Waals surface area contributed by atoms with Gasteiger partial charge in [-0.15, -0.1) is 0 Å². The van der Waals surface area contributed by atoms with Crippen molar-refractivity contribution in [2.24, 2.45) is 0 Å². The van der Waals surface area contributed by atoms with Crippen molar-refractivity contribution >= 4 is 20.1 Å². The molecule has 0 unspecified atom stereocenters. The summed E-state index contributed by atoms with van der Waals surface area (Å²) in [6.07, 6.45) is 0. The van der Waals surface area contributed by atoms with Crippen LogP contribution in [0, 0.1) is 0 Å². The quantitative estimate of drug-likeness (QED) is 0.113. The van der Waals surface area contributed by atoms with Crippen LogP contribution in [0.25, 0.3) is 0 Å². The minimum Gasteiger partial charge on any atom is -0.457 e. The average molecular weight is 443 g/mol. The lowest BCUT2D eigenvalue weighted by Crippen LogP contribution is -2.27. The summed E-state index contributed by atoms with van der Waals surface area (Å²) >= 11 is 0. The van der Waals surface area contributed by atoms with Crippen LogP contribution in [0.3, 0.4) is 0 Å². The van der Waals surface area contributed by atoms with E-state index in [0.29, 0.717) is 58.4 Å². The molecule has 0 saturated heterocycles. The van der Waals surface area contributed by atoms with Crippen LogP contribution in [0.1, 0.15) is 10.4 Å². The molecule has 0 fully saturated rings. The van der Waals surface area contributed by atoms with Gasteiger partial charge in [-0.3, -0.25) is 4.79 Å². The summed E-state index contributed by atoms with van der Waals surface area (Å²) in [6.45, 7) is 10.6. The second-order valence-electron chi connectivity index (χ2n) is 7.24. The fraction of sp³-hybridized carbons (Fsp3) is 0.619. The van der Waals surface area contributed by atoms with Crippen molar-refractivity contribution in [1.29, 1.82) is 0 Å². The van der Waals surface area contributed by atoms with E-state index >= 15 is 0 Å². The Morgan fingerprint density at radius 3 is 1.57 bits per heavy atom. The molecule has 0 spiro atoms. The Morgan fingerprint density at radius 1 is 0.667 bits per heavy atom. The zero-order valence-corrected chi connectivity index (χ0v) is 19.2. The highest BCUT2D eigenvalue weighted by molar-refractivity contribution is 6.69. The van der Waals surface area contributed by atoms with Gasteiger partial charge in [0.25, 0.3) is 5.78 Å². The third-order valence-electron chi connectivity index (χ3n) is 3.56. The van der Waals surface area contributed by atoms with Crippen molar-refractivity contribution in [1.82, 2.24) is 0 Å². The maximum absolute atomic E-state index is 11.8. The monoisotopic (exact) mass is 442 g/mol. The fourth-order valence-corrected chi connectivity index (χ4v) is 2.83. The van der Waals surface area contributed by atoms with Gasteiger partial charge in [-0.2, -0.15) is 0 Å². The second-order valence-corrected chi connectivity index (χ2v) is 11.8. The molecule has 9 heteroatoms. The SMILES string of the molecule is C[Si](C)(C)OCCOCCOCCOCCOCCOC(=O)C(=O)c1ccccc1. The van der Waals surface area contributed by atoms with Gasteiger partial charge < -0.3 is 28.1 Å². The molecule has 0 bridgehead atoms. The standard InChI is InChI=1S/C21H34O8Si/c1-30(2,3)29-18-16-27-14-12-25-10-9-24-11-13-26-15-17-28-21(23)20(22)19-7-5-4-6-8-19/h4-8H,9-18H2,1-3H3. The Labute approximate surface area is 179 Å². The molecule has 1 rings (SSSR count). The normalized spacial score (nSPS) is 11.4. The minimum atomic E-state index is -1.46. The van der Waals surface area contributed by atoms with Crippen LogP contribution in [0.5, 0.6) is 0 Å². The molecular weight excluding hydrogens is 408 g/mol. The maximum Gasteiger partial charge on any atom is 0.379 e. The summed E-state index contributed by atoms with van der Waals surface area (Å²) in [5, 5.41) is 0. The molecule has 1 aromatic rings. The summed E-state index contributed by atoms with van der Waals surface area (Å²) in [7, 11) is -1.46. The van der Waals surface area contributed by atoms with Crippen LogP contribution in [0.4, 0.5) is 0 Å². The molecule has 0 heterocycles. The molecule has 0 aliphatic heterocycles. The van der Waals surface area contributed by atoms with Crippen LogP contribution in [0.15, 0.2) is 30.3 Å². The number of Topliss-reactive ketones (excluding diaryl/α,β-unsaturated/α-hetero) is 1. The number of ketones is 1. The fourth-order valence-electron chi connectivity index (χ4n) is 2.13. The van der Waals surface area contributed by atoms with E-state index in [1.165, 1.54) is 0 Å². The lowest BCUT2D eigenvalue weighted by atomic mass is 10.1. The van der Waals surface area contributed by atoms with Gasteiger partial charge >= 0.3 is 5.97 Å². The summed E-state index contributed by atoms with van der Waals surface area (Å²) in [4.78, 5) is 23.4. The van der Waals surface area contributed by atoms with E-state index in [1.807, 2.05) is 0 Å². The van der Waals surface area contributed by atoms with E-state index < -0.39 is 20.1 Å². The molecule has 0 N–H and O–H groups in total. The molecule has 30 heavy (non-hydrogen) atoms. The number of esters is 1. The molecule has 0 saturated carbocycles. The molecule has 8 nitrogen and oxygen atoms in total. The van der Waals surface area contributed by atoms with Gasteiger partial charge in [-0.05, 0) is 19.6 Å². The molecule has 1 aromatic carbocycles. The van der Waals surface area contributed by atoms with Crippen molar-refractivity contribution in [3.63, 3.8) is 0 Å². The Hall–Kier alpha value is -1.62. The number of hydrogen-bond donors (Lipinski definition) is 0. The highest BCUT2D eigenvalue weighted by Crippen LogP contribution is 2.02. The second kappa shape index (κ2) is 16.1. The number of rotatable bonds is 18. The molecule has 0 aliphatic rings. The van der Waals surface area contributed by atoms with Gasteiger partial charge in [0.05, 0.1) is 59.5 Å². The Balaban J connectivity index is 1.82. The summed E-state index contributed by atoms with van der Waals surface area (Å²) in [5.41, 5.74) is 0.307. The van der Waals surface area contributed by atoms with E-state index in [-0.39, 0.29) is 13.2 Å². The zero-order chi connectivity index (χ0) is 22.1. The van der Waals surface area contributed by atoms with Crippen LogP contribution in [-0.4, -0.2) is 86.1 Å². The van der Waals surface area contributed by atoms with Crippen LogP contribution < -0.4 is 0 Å². The van der Waals surface area contributed by atoms with E-state index in [4.69, 9.17) is 28.1 Å². The van der Waals surface area contributed by atoms with Crippen molar-refractivity contribution < 1.29 is 37.7 Å². The van der Waals surface area contributed by atoms with E-state index in [1.54, 1.807) is 30.3 Å². The molecule has 170 valence electrons. The molecule has 0 aliphatic carbocycles. The largest absolute Gasteiger partial charge is 0.457 e. The van der Waals surface area contributed by atoms with Crippen molar-refractivity contribution in [3.8, 4) is 0 Å². The van der Waals surface area contributed by atoms with Crippen molar-refractivity contribution in [2.75, 3.05) is 66.1 Å². The molecular formula is C21H34O8Si. The van der Waals surface area contributed by atoms with Crippen LogP contribution >= 0.6 is 0 Å². The number of carbonyl (C=O) groups is 2. The van der Waals surface area contributed by atoms with Gasteiger partial charge in [0.1, 0.15) is 6.61 Å². The van der Waals surface area contributed by atoms with Gasteiger partial charge in [-0.1, -0.05) is 30.3 Å². The predicted molar refractivity (Wildman–Crippen MR) is 114 cm³/mol. The average Bonchev–Trinajstić information content (AvgIpc) is 2.72. The molecule has 0 atom stereocenters. The smallest absolute Gasteiger partial charge is 0.379 e.